The van der Waals surface area contributed by atoms with E-state index in [4.69, 9.17) is 0 Å². The molecule has 0 bridgehead atoms. The molecule has 0 aliphatic carbocycles. The molecule has 5 rings (SSSR count). The molecule has 1 fully saturated rings. The van der Waals surface area contributed by atoms with Gasteiger partial charge in [-0.2, -0.15) is 5.10 Å². The van der Waals surface area contributed by atoms with Crippen LogP contribution in [0.2, 0.25) is 0 Å². The Hall–Kier alpha value is -3.91. The zero-order valence-corrected chi connectivity index (χ0v) is 23.6. The third-order valence-electron chi connectivity index (χ3n) is 7.41. The molecule has 8 heteroatoms. The van der Waals surface area contributed by atoms with Crippen molar-refractivity contribution in [2.75, 3.05) is 48.3 Å². The first-order valence-electron chi connectivity index (χ1n) is 13.8. The lowest BCUT2D eigenvalue weighted by Crippen LogP contribution is -2.49. The molecular formula is C31H39N7O. The lowest BCUT2D eigenvalue weighted by atomic mass is 9.85. The van der Waals surface area contributed by atoms with Crippen LogP contribution in [0.25, 0.3) is 10.9 Å². The van der Waals surface area contributed by atoms with E-state index in [2.05, 4.69) is 82.4 Å². The number of allylic oxidation sites excluding steroid dienone is 2. The van der Waals surface area contributed by atoms with Crippen LogP contribution in [0.15, 0.2) is 71.4 Å². The Labute approximate surface area is 230 Å². The van der Waals surface area contributed by atoms with Crippen molar-refractivity contribution >= 4 is 39.7 Å². The highest BCUT2D eigenvalue weighted by atomic mass is 16.1. The molecule has 0 unspecified atom stereocenters. The summed E-state index contributed by atoms with van der Waals surface area (Å²) in [6, 6.07) is 12.8. The molecule has 204 valence electrons. The smallest absolute Gasteiger partial charge is 0.259 e. The fourth-order valence-electron chi connectivity index (χ4n) is 5.16. The Bertz CT molecular complexity index is 1430. The van der Waals surface area contributed by atoms with Crippen LogP contribution >= 0.6 is 0 Å². The first kappa shape index (κ1) is 26.7. The lowest BCUT2D eigenvalue weighted by molar-refractivity contribution is -0.112. The van der Waals surface area contributed by atoms with Crippen LogP contribution in [0.5, 0.6) is 0 Å². The van der Waals surface area contributed by atoms with Crippen LogP contribution < -0.4 is 15.5 Å². The fraction of sp³-hybridized carbons (Fsp3) is 0.387. The molecule has 3 heterocycles. The molecule has 3 N–H and O–H groups in total. The SMILES string of the molecule is CC(C)N1CCN(c2cc(NC(=O)C3=CC=CCN=C3Nc3ccc4cn[nH]c4c3)ccc2C(C)(C)C)CC1. The number of hydrogen-bond acceptors (Lipinski definition) is 6. The Morgan fingerprint density at radius 2 is 1.79 bits per heavy atom. The van der Waals surface area contributed by atoms with E-state index in [0.717, 1.165) is 48.5 Å². The maximum absolute atomic E-state index is 13.6. The molecule has 39 heavy (non-hydrogen) atoms. The molecule has 1 saturated heterocycles. The number of benzene rings is 2. The van der Waals surface area contributed by atoms with Crippen molar-refractivity contribution in [3.63, 3.8) is 0 Å². The third-order valence-corrected chi connectivity index (χ3v) is 7.41. The van der Waals surface area contributed by atoms with Gasteiger partial charge in [-0.05, 0) is 61.2 Å². The van der Waals surface area contributed by atoms with Crippen LogP contribution in [0.4, 0.5) is 17.1 Å². The monoisotopic (exact) mass is 525 g/mol. The van der Waals surface area contributed by atoms with Gasteiger partial charge in [-0.25, -0.2) is 0 Å². The summed E-state index contributed by atoms with van der Waals surface area (Å²) < 4.78 is 0. The summed E-state index contributed by atoms with van der Waals surface area (Å²) in [4.78, 5) is 23.2. The van der Waals surface area contributed by atoms with E-state index in [1.807, 2.05) is 42.5 Å². The standard InChI is InChI=1S/C31H39N7O/c1-21(2)37-14-16-38(17-15-37)28-19-24(11-12-26(28)31(3,4)5)35-30(39)25-8-6-7-13-32-29(25)34-23-10-9-22-20-33-36-27(22)18-23/h6-12,18-21H,13-17H2,1-5H3,(H,32,34)(H,33,36)(H,35,39). The molecule has 3 aromatic rings. The molecule has 8 nitrogen and oxygen atoms in total. The Morgan fingerprint density at radius 3 is 2.54 bits per heavy atom. The van der Waals surface area contributed by atoms with E-state index in [9.17, 15) is 4.79 Å². The summed E-state index contributed by atoms with van der Waals surface area (Å²) in [5.41, 5.74) is 5.49. The van der Waals surface area contributed by atoms with Crippen molar-refractivity contribution in [3.05, 3.63) is 72.0 Å². The number of amides is 1. The minimum absolute atomic E-state index is 0.0127. The predicted molar refractivity (Wildman–Crippen MR) is 162 cm³/mol. The average Bonchev–Trinajstić information content (AvgIpc) is 3.25. The average molecular weight is 526 g/mol. The largest absolute Gasteiger partial charge is 0.369 e. The number of nitrogens with one attached hydrogen (secondary N) is 3. The number of H-pyrrole nitrogens is 1. The summed E-state index contributed by atoms with van der Waals surface area (Å²) >= 11 is 0. The highest BCUT2D eigenvalue weighted by molar-refractivity contribution is 6.28. The van der Waals surface area contributed by atoms with Gasteiger partial charge in [-0.15, -0.1) is 0 Å². The van der Waals surface area contributed by atoms with Crippen molar-refractivity contribution in [3.8, 4) is 0 Å². The Kier molecular flexibility index (Phi) is 7.57. The minimum Gasteiger partial charge on any atom is -0.369 e. The number of carbonyl (C=O) groups excluding carboxylic acids is 1. The highest BCUT2D eigenvalue weighted by Gasteiger charge is 2.26. The minimum atomic E-state index is -0.200. The molecule has 0 spiro atoms. The van der Waals surface area contributed by atoms with E-state index in [0.29, 0.717) is 24.0 Å². The van der Waals surface area contributed by atoms with Gasteiger partial charge in [0.1, 0.15) is 5.84 Å². The molecule has 2 aromatic carbocycles. The van der Waals surface area contributed by atoms with Gasteiger partial charge >= 0.3 is 0 Å². The molecule has 2 aliphatic heterocycles. The molecule has 0 saturated carbocycles. The second-order valence-corrected chi connectivity index (χ2v) is 11.5. The highest BCUT2D eigenvalue weighted by Crippen LogP contribution is 2.35. The molecule has 0 atom stereocenters. The van der Waals surface area contributed by atoms with Crippen molar-refractivity contribution in [1.82, 2.24) is 15.1 Å². The fourth-order valence-corrected chi connectivity index (χ4v) is 5.16. The third kappa shape index (κ3) is 6.06. The summed E-state index contributed by atoms with van der Waals surface area (Å²) in [6.45, 7) is 15.7. The maximum Gasteiger partial charge on any atom is 0.259 e. The second-order valence-electron chi connectivity index (χ2n) is 11.5. The quantitative estimate of drug-likeness (QED) is 0.419. The van der Waals surface area contributed by atoms with Crippen LogP contribution in [0.3, 0.4) is 0 Å². The van der Waals surface area contributed by atoms with E-state index in [-0.39, 0.29) is 11.3 Å². The van der Waals surface area contributed by atoms with Crippen molar-refractivity contribution < 1.29 is 4.79 Å². The zero-order chi connectivity index (χ0) is 27.6. The van der Waals surface area contributed by atoms with Gasteiger partial charge in [0.25, 0.3) is 5.91 Å². The maximum atomic E-state index is 13.6. The summed E-state index contributed by atoms with van der Waals surface area (Å²) in [5, 5.41) is 14.6. The van der Waals surface area contributed by atoms with Crippen molar-refractivity contribution in [2.24, 2.45) is 4.99 Å². The molecule has 1 amide bonds. The number of aromatic nitrogens is 2. The number of aromatic amines is 1. The van der Waals surface area contributed by atoms with Gasteiger partial charge in [0.2, 0.25) is 0 Å². The number of piperazine rings is 1. The second kappa shape index (κ2) is 11.1. The zero-order valence-electron chi connectivity index (χ0n) is 23.6. The van der Waals surface area contributed by atoms with Crippen LogP contribution in [0.1, 0.15) is 40.2 Å². The number of carbonyl (C=O) groups is 1. The molecule has 0 radical (unpaired) electrons. The van der Waals surface area contributed by atoms with Gasteiger partial charge in [0.15, 0.2) is 0 Å². The van der Waals surface area contributed by atoms with Crippen LogP contribution in [0, 0.1) is 0 Å². The van der Waals surface area contributed by atoms with Crippen LogP contribution in [-0.2, 0) is 10.2 Å². The number of hydrogen-bond donors (Lipinski definition) is 3. The van der Waals surface area contributed by atoms with E-state index in [1.54, 1.807) is 6.20 Å². The first-order chi connectivity index (χ1) is 18.7. The predicted octanol–water partition coefficient (Wildman–Crippen LogP) is 5.34. The first-order valence-corrected chi connectivity index (χ1v) is 13.8. The van der Waals surface area contributed by atoms with Crippen molar-refractivity contribution in [2.45, 2.75) is 46.1 Å². The Balaban J connectivity index is 1.37. The van der Waals surface area contributed by atoms with Gasteiger partial charge < -0.3 is 15.5 Å². The number of amidine groups is 1. The number of nitrogens with zero attached hydrogens (tertiary/aromatic N) is 4. The number of fused-ring (bicyclic) bond motifs is 1. The number of rotatable bonds is 5. The van der Waals surface area contributed by atoms with Gasteiger partial charge in [0, 0.05) is 54.7 Å². The van der Waals surface area contributed by atoms with Gasteiger partial charge in [-0.3, -0.25) is 19.8 Å². The summed E-state index contributed by atoms with van der Waals surface area (Å²) in [6.07, 6.45) is 7.42. The summed E-state index contributed by atoms with van der Waals surface area (Å²) in [5.74, 6) is 0.335. The number of aliphatic imine (C=N–C) groups is 1. The van der Waals surface area contributed by atoms with Gasteiger partial charge in [0.05, 0.1) is 23.8 Å². The molecule has 2 aliphatic rings. The Morgan fingerprint density at radius 1 is 1.03 bits per heavy atom. The molecular weight excluding hydrogens is 486 g/mol. The van der Waals surface area contributed by atoms with Crippen LogP contribution in [-0.4, -0.2) is 65.6 Å². The normalized spacial score (nSPS) is 16.7. The lowest BCUT2D eigenvalue weighted by Gasteiger charge is -2.40. The topological polar surface area (TPSA) is 88.7 Å². The van der Waals surface area contributed by atoms with Crippen molar-refractivity contribution in [1.29, 1.82) is 0 Å². The number of anilines is 3. The van der Waals surface area contributed by atoms with Gasteiger partial charge in [-0.1, -0.05) is 39.0 Å². The van der Waals surface area contributed by atoms with E-state index in [1.165, 1.54) is 11.3 Å². The van der Waals surface area contributed by atoms with E-state index >= 15 is 0 Å². The summed E-state index contributed by atoms with van der Waals surface area (Å²) in [7, 11) is 0. The van der Waals surface area contributed by atoms with E-state index < -0.39 is 0 Å². The molecule has 1 aromatic heterocycles.